The number of aromatic amines is 2. The second-order valence-electron chi connectivity index (χ2n) is 7.63. The average molecular weight is 466 g/mol. The number of aromatic nitrogens is 3. The van der Waals surface area contributed by atoms with Gasteiger partial charge in [-0.05, 0) is 38.0 Å². The first-order chi connectivity index (χ1) is 14.9. The predicted octanol–water partition coefficient (Wildman–Crippen LogP) is 2.68. The number of rotatable bonds is 5. The molecule has 1 atom stereocenters. The molecule has 1 fully saturated rings. The van der Waals surface area contributed by atoms with Crippen molar-refractivity contribution in [3.63, 3.8) is 0 Å². The van der Waals surface area contributed by atoms with Crippen molar-refractivity contribution in [2.75, 3.05) is 29.9 Å². The van der Waals surface area contributed by atoms with E-state index in [1.165, 1.54) is 0 Å². The number of amides is 1. The van der Waals surface area contributed by atoms with Gasteiger partial charge in [0.25, 0.3) is 5.91 Å². The summed E-state index contributed by atoms with van der Waals surface area (Å²) in [6.07, 6.45) is 2.14. The zero-order valence-electron chi connectivity index (χ0n) is 16.9. The van der Waals surface area contributed by atoms with Gasteiger partial charge in [0, 0.05) is 30.3 Å². The molecule has 1 aliphatic heterocycles. The number of carbonyl (C=O) groups excluding carboxylic acids is 1. The van der Waals surface area contributed by atoms with Crippen LogP contribution in [0.4, 0.5) is 11.4 Å². The van der Waals surface area contributed by atoms with Crippen LogP contribution in [0.5, 0.6) is 0 Å². The van der Waals surface area contributed by atoms with Gasteiger partial charge >= 0.3 is 5.76 Å². The highest BCUT2D eigenvalue weighted by Crippen LogP contribution is 2.35. The standard InChI is InChI=1S/C20H22Cl2N6O3/c1-10-15(21)16(22)17(24-10)19(29)25-13-5-4-12(18-26-20(30)31-27-18)7-14(13)28-6-2-3-11(8-23)9-28/h4-5,7,11,24H,2-3,6,8-9,23H2,1H3,(H,25,29)(H,26,27,30)/p+1. The summed E-state index contributed by atoms with van der Waals surface area (Å²) in [6.45, 7) is 4.24. The third-order valence-electron chi connectivity index (χ3n) is 5.51. The highest BCUT2D eigenvalue weighted by Gasteiger charge is 2.25. The van der Waals surface area contributed by atoms with Gasteiger partial charge in [-0.1, -0.05) is 28.4 Å². The molecule has 0 spiro atoms. The van der Waals surface area contributed by atoms with Crippen molar-refractivity contribution in [3.8, 4) is 11.4 Å². The molecule has 3 heterocycles. The fraction of sp³-hybridized carbons (Fsp3) is 0.350. The lowest BCUT2D eigenvalue weighted by molar-refractivity contribution is -0.379. The Morgan fingerprint density at radius 3 is 2.81 bits per heavy atom. The van der Waals surface area contributed by atoms with E-state index in [1.54, 1.807) is 19.1 Å². The number of carbonyl (C=O) groups is 1. The van der Waals surface area contributed by atoms with Crippen LogP contribution in [-0.4, -0.2) is 40.7 Å². The number of quaternary nitrogens is 1. The molecular formula is C20H23Cl2N6O3+. The van der Waals surface area contributed by atoms with E-state index in [1.807, 2.05) is 6.07 Å². The van der Waals surface area contributed by atoms with E-state index < -0.39 is 11.7 Å². The van der Waals surface area contributed by atoms with Gasteiger partial charge in [-0.15, -0.1) is 0 Å². The Morgan fingerprint density at radius 2 is 2.16 bits per heavy atom. The number of anilines is 2. The molecule has 1 amide bonds. The predicted molar refractivity (Wildman–Crippen MR) is 119 cm³/mol. The lowest BCUT2D eigenvalue weighted by atomic mass is 9.97. The van der Waals surface area contributed by atoms with E-state index in [9.17, 15) is 9.59 Å². The summed E-state index contributed by atoms with van der Waals surface area (Å²) in [5.41, 5.74) is 6.98. The number of H-pyrrole nitrogens is 2. The molecule has 11 heteroatoms. The smallest absolute Gasteiger partial charge is 0.369 e. The summed E-state index contributed by atoms with van der Waals surface area (Å²) < 4.78 is 4.63. The summed E-state index contributed by atoms with van der Waals surface area (Å²) in [5.74, 6) is -0.232. The van der Waals surface area contributed by atoms with Crippen LogP contribution in [0.3, 0.4) is 0 Å². The molecule has 0 bridgehead atoms. The maximum Gasteiger partial charge on any atom is 0.439 e. The zero-order chi connectivity index (χ0) is 22.1. The molecule has 1 saturated heterocycles. The SMILES string of the molecule is Cc1[nH]c(C(=O)Nc2ccc(-c3noc(=O)[nH]3)cc2N2CCCC(C[NH3+])C2)c(Cl)c1Cl. The van der Waals surface area contributed by atoms with Crippen molar-refractivity contribution < 1.29 is 15.1 Å². The number of nitrogens with one attached hydrogen (secondary N) is 3. The van der Waals surface area contributed by atoms with Gasteiger partial charge in [0.1, 0.15) is 5.69 Å². The number of halogens is 2. The number of hydrogen-bond acceptors (Lipinski definition) is 5. The topological polar surface area (TPSA) is 135 Å². The summed E-state index contributed by atoms with van der Waals surface area (Å²) in [5, 5.41) is 7.22. The van der Waals surface area contributed by atoms with Gasteiger partial charge in [-0.3, -0.25) is 14.3 Å². The van der Waals surface area contributed by atoms with Crippen molar-refractivity contribution in [3.05, 3.63) is 50.2 Å². The molecule has 164 valence electrons. The number of aryl methyl sites for hydroxylation is 1. The number of hydrogen-bond donors (Lipinski definition) is 4. The maximum absolute atomic E-state index is 12.9. The highest BCUT2D eigenvalue weighted by atomic mass is 35.5. The Morgan fingerprint density at radius 1 is 1.35 bits per heavy atom. The lowest BCUT2D eigenvalue weighted by Gasteiger charge is -2.34. The summed E-state index contributed by atoms with van der Waals surface area (Å²) in [6, 6.07) is 5.41. The van der Waals surface area contributed by atoms with Crippen LogP contribution in [0.1, 0.15) is 29.0 Å². The van der Waals surface area contributed by atoms with Crippen molar-refractivity contribution >= 4 is 40.5 Å². The van der Waals surface area contributed by atoms with Crippen molar-refractivity contribution in [1.82, 2.24) is 15.1 Å². The number of piperidine rings is 1. The molecule has 1 aliphatic rings. The number of nitrogens with zero attached hydrogens (tertiary/aromatic N) is 2. The fourth-order valence-corrected chi connectivity index (χ4v) is 4.25. The summed E-state index contributed by atoms with van der Waals surface area (Å²) >= 11 is 12.3. The zero-order valence-corrected chi connectivity index (χ0v) is 18.4. The van der Waals surface area contributed by atoms with E-state index >= 15 is 0 Å². The molecule has 9 nitrogen and oxygen atoms in total. The first kappa shape index (κ1) is 21.5. The summed E-state index contributed by atoms with van der Waals surface area (Å²) in [7, 11) is 0. The fourth-order valence-electron chi connectivity index (χ4n) is 3.83. The minimum Gasteiger partial charge on any atom is -0.369 e. The minimum atomic E-state index is -0.627. The monoisotopic (exact) mass is 465 g/mol. The first-order valence-electron chi connectivity index (χ1n) is 9.97. The molecule has 0 aliphatic carbocycles. The molecule has 4 rings (SSSR count). The Kier molecular flexibility index (Phi) is 6.08. The van der Waals surface area contributed by atoms with Crippen LogP contribution in [0.15, 0.2) is 27.5 Å². The largest absolute Gasteiger partial charge is 0.439 e. The van der Waals surface area contributed by atoms with Gasteiger partial charge in [0.15, 0.2) is 5.82 Å². The van der Waals surface area contributed by atoms with Gasteiger partial charge in [0.2, 0.25) is 0 Å². The summed E-state index contributed by atoms with van der Waals surface area (Å²) in [4.78, 5) is 32.0. The van der Waals surface area contributed by atoms with Crippen LogP contribution < -0.4 is 21.7 Å². The quantitative estimate of drug-likeness (QED) is 0.459. The Labute approximate surface area is 187 Å². The van der Waals surface area contributed by atoms with E-state index in [0.717, 1.165) is 38.2 Å². The Balaban J connectivity index is 1.71. The van der Waals surface area contributed by atoms with Crippen LogP contribution >= 0.6 is 23.2 Å². The first-order valence-corrected chi connectivity index (χ1v) is 10.7. The molecule has 2 aromatic heterocycles. The van der Waals surface area contributed by atoms with Crippen molar-refractivity contribution in [2.24, 2.45) is 5.92 Å². The third kappa shape index (κ3) is 4.34. The number of benzene rings is 1. The Bertz CT molecular complexity index is 1170. The van der Waals surface area contributed by atoms with Crippen LogP contribution in [0, 0.1) is 12.8 Å². The van der Waals surface area contributed by atoms with Gasteiger partial charge in [0.05, 0.1) is 28.0 Å². The normalized spacial score (nSPS) is 16.5. The molecule has 31 heavy (non-hydrogen) atoms. The van der Waals surface area contributed by atoms with Crippen LogP contribution in [-0.2, 0) is 0 Å². The van der Waals surface area contributed by atoms with E-state index in [4.69, 9.17) is 23.2 Å². The van der Waals surface area contributed by atoms with Crippen LogP contribution in [0.2, 0.25) is 10.0 Å². The maximum atomic E-state index is 12.9. The molecule has 0 radical (unpaired) electrons. The van der Waals surface area contributed by atoms with E-state index in [2.05, 4.69) is 35.6 Å². The van der Waals surface area contributed by atoms with Gasteiger partial charge in [-0.25, -0.2) is 4.79 Å². The second-order valence-corrected chi connectivity index (χ2v) is 8.38. The lowest BCUT2D eigenvalue weighted by Crippen LogP contribution is -2.56. The molecule has 1 unspecified atom stereocenters. The highest BCUT2D eigenvalue weighted by molar-refractivity contribution is 6.44. The molecule has 1 aromatic carbocycles. The van der Waals surface area contributed by atoms with Crippen molar-refractivity contribution in [2.45, 2.75) is 19.8 Å². The van der Waals surface area contributed by atoms with Crippen molar-refractivity contribution in [1.29, 1.82) is 0 Å². The Hall–Kier alpha value is -2.75. The molecule has 6 N–H and O–H groups in total. The van der Waals surface area contributed by atoms with Crippen LogP contribution in [0.25, 0.3) is 11.4 Å². The second kappa shape index (κ2) is 8.78. The minimum absolute atomic E-state index is 0.185. The van der Waals surface area contributed by atoms with Gasteiger partial charge in [-0.2, -0.15) is 0 Å². The molecule has 3 aromatic rings. The van der Waals surface area contributed by atoms with E-state index in [0.29, 0.717) is 33.7 Å². The molecule has 0 saturated carbocycles. The van der Waals surface area contributed by atoms with Gasteiger partial charge < -0.3 is 20.9 Å². The third-order valence-corrected chi connectivity index (χ3v) is 6.46. The molecular weight excluding hydrogens is 443 g/mol. The average Bonchev–Trinajstić information content (AvgIpc) is 3.32. The van der Waals surface area contributed by atoms with E-state index in [-0.39, 0.29) is 10.7 Å².